The lowest BCUT2D eigenvalue weighted by Gasteiger charge is -2.21. The van der Waals surface area contributed by atoms with Crippen LogP contribution in [0, 0.1) is 13.8 Å². The van der Waals surface area contributed by atoms with E-state index in [1.807, 2.05) is 6.92 Å². The van der Waals surface area contributed by atoms with Crippen molar-refractivity contribution in [1.29, 1.82) is 0 Å². The van der Waals surface area contributed by atoms with E-state index in [2.05, 4.69) is 147 Å². The van der Waals surface area contributed by atoms with Gasteiger partial charge < -0.3 is 9.30 Å². The Bertz CT molecular complexity index is 1490. The second-order valence-corrected chi connectivity index (χ2v) is 11.7. The molecule has 0 aliphatic rings. The average Bonchev–Trinajstić information content (AvgIpc) is 3.22. The lowest BCUT2D eigenvalue weighted by molar-refractivity contribution is 0.340. The van der Waals surface area contributed by atoms with Crippen molar-refractivity contribution in [1.82, 2.24) is 4.57 Å². The summed E-state index contributed by atoms with van der Waals surface area (Å²) < 4.78 is 8.10. The van der Waals surface area contributed by atoms with Crippen LogP contribution in [0.5, 0.6) is 5.75 Å². The van der Waals surface area contributed by atoms with Crippen molar-refractivity contribution in [3.05, 3.63) is 138 Å². The minimum Gasteiger partial charge on any atom is -0.494 e. The number of benzene rings is 4. The molecule has 196 valence electrons. The van der Waals surface area contributed by atoms with Crippen LogP contribution in [0.25, 0.3) is 5.69 Å². The molecule has 5 rings (SSSR count). The Labute approximate surface area is 233 Å². The van der Waals surface area contributed by atoms with E-state index in [-0.39, 0.29) is 6.04 Å². The van der Waals surface area contributed by atoms with E-state index in [1.54, 1.807) is 0 Å². The Balaban J connectivity index is 1.71. The molecule has 4 aromatic carbocycles. The van der Waals surface area contributed by atoms with E-state index in [0.29, 0.717) is 6.61 Å². The molecule has 39 heavy (non-hydrogen) atoms. The van der Waals surface area contributed by atoms with Crippen LogP contribution in [0.4, 0.5) is 0 Å². The van der Waals surface area contributed by atoms with Crippen molar-refractivity contribution < 1.29 is 4.74 Å². The summed E-state index contributed by atoms with van der Waals surface area (Å²) in [6.45, 7) is 9.29. The second-order valence-electron chi connectivity index (χ2n) is 9.57. The number of aliphatic imine (C=N–C) groups is 1. The fraction of sp³-hybridized carbons (Fsp3) is 0.171. The third-order valence-corrected chi connectivity index (χ3v) is 9.67. The smallest absolute Gasteiger partial charge is 0.119 e. The van der Waals surface area contributed by atoms with E-state index in [9.17, 15) is 0 Å². The van der Waals surface area contributed by atoms with E-state index in [1.165, 1.54) is 38.4 Å². The Morgan fingerprint density at radius 2 is 1.28 bits per heavy atom. The van der Waals surface area contributed by atoms with Gasteiger partial charge in [-0.05, 0) is 76.1 Å². The van der Waals surface area contributed by atoms with Crippen LogP contribution in [0.15, 0.2) is 120 Å². The molecule has 5 aromatic rings. The first-order valence-electron chi connectivity index (χ1n) is 13.5. The third kappa shape index (κ3) is 5.75. The lowest BCUT2D eigenvalue weighted by Crippen LogP contribution is -2.24. The fourth-order valence-corrected chi connectivity index (χ4v) is 7.73. The summed E-state index contributed by atoms with van der Waals surface area (Å²) in [7, 11) is -0.807. The summed E-state index contributed by atoms with van der Waals surface area (Å²) in [6, 6.07) is 40.8. The summed E-state index contributed by atoms with van der Waals surface area (Å²) in [5, 5.41) is 4.01. The zero-order chi connectivity index (χ0) is 27.2. The molecule has 0 spiro atoms. The summed E-state index contributed by atoms with van der Waals surface area (Å²) in [4.78, 5) is 5.09. The van der Waals surface area contributed by atoms with E-state index < -0.39 is 7.92 Å². The van der Waals surface area contributed by atoms with Crippen LogP contribution in [0.3, 0.4) is 0 Å². The molecule has 1 aromatic heterocycles. The molecule has 0 radical (unpaired) electrons. The maximum absolute atomic E-state index is 5.72. The number of aromatic nitrogens is 1. The van der Waals surface area contributed by atoms with Gasteiger partial charge >= 0.3 is 0 Å². The molecule has 4 heteroatoms. The van der Waals surface area contributed by atoms with Crippen molar-refractivity contribution in [2.75, 3.05) is 6.61 Å². The van der Waals surface area contributed by atoms with Crippen LogP contribution in [0.1, 0.15) is 42.4 Å². The summed E-state index contributed by atoms with van der Waals surface area (Å²) in [5.41, 5.74) is 5.97. The highest BCUT2D eigenvalue weighted by Crippen LogP contribution is 2.38. The summed E-state index contributed by atoms with van der Waals surface area (Å²) >= 11 is 0. The first kappa shape index (κ1) is 26.7. The molecule has 0 N–H and O–H groups in total. The molecular weight excluding hydrogens is 495 g/mol. The molecule has 0 aliphatic carbocycles. The normalized spacial score (nSPS) is 12.2. The zero-order valence-corrected chi connectivity index (χ0v) is 24.0. The molecule has 0 fully saturated rings. The second kappa shape index (κ2) is 12.3. The van der Waals surface area contributed by atoms with Crippen molar-refractivity contribution >= 4 is 30.0 Å². The highest BCUT2D eigenvalue weighted by atomic mass is 31.1. The Morgan fingerprint density at radius 3 is 1.82 bits per heavy atom. The van der Waals surface area contributed by atoms with Gasteiger partial charge in [0.1, 0.15) is 5.75 Å². The third-order valence-electron chi connectivity index (χ3n) is 7.03. The predicted octanol–water partition coefficient (Wildman–Crippen LogP) is 7.43. The Morgan fingerprint density at radius 1 is 0.744 bits per heavy atom. The van der Waals surface area contributed by atoms with Gasteiger partial charge in [0.2, 0.25) is 0 Å². The van der Waals surface area contributed by atoms with Crippen LogP contribution in [-0.2, 0) is 0 Å². The molecule has 0 bridgehead atoms. The SMILES string of the molecule is CCOc1ccc(-n2c(C)c(C=NC(C)c3ccccc3)c(P(c3ccccc3)c3ccccc3)c2C)cc1. The molecule has 3 nitrogen and oxygen atoms in total. The maximum Gasteiger partial charge on any atom is 0.119 e. The molecule has 0 saturated heterocycles. The van der Waals surface area contributed by atoms with Crippen molar-refractivity contribution in [2.24, 2.45) is 4.99 Å². The standard InChI is InChI=1S/C35H35N2OP/c1-5-38-31-23-21-30(22-24-31)37-27(3)34(25-36-26(2)29-15-9-6-10-16-29)35(28(37)4)39(32-17-11-7-12-18-32)33-19-13-8-14-20-33/h6-26H,5H2,1-4H3. The van der Waals surface area contributed by atoms with Gasteiger partial charge in [-0.3, -0.25) is 4.99 Å². The molecular formula is C35H35N2OP. The fourth-order valence-electron chi connectivity index (χ4n) is 5.09. The summed E-state index contributed by atoms with van der Waals surface area (Å²) in [6.07, 6.45) is 2.11. The minimum absolute atomic E-state index is 0.0623. The Kier molecular flexibility index (Phi) is 8.39. The topological polar surface area (TPSA) is 26.5 Å². The van der Waals surface area contributed by atoms with Crippen LogP contribution in [-0.4, -0.2) is 17.4 Å². The van der Waals surface area contributed by atoms with Gasteiger partial charge in [-0.1, -0.05) is 91.0 Å². The lowest BCUT2D eigenvalue weighted by atomic mass is 10.1. The summed E-state index contributed by atoms with van der Waals surface area (Å²) in [5.74, 6) is 0.887. The van der Waals surface area contributed by atoms with Crippen molar-refractivity contribution in [2.45, 2.75) is 33.7 Å². The van der Waals surface area contributed by atoms with Crippen LogP contribution in [0.2, 0.25) is 0 Å². The first-order chi connectivity index (χ1) is 19.1. The van der Waals surface area contributed by atoms with E-state index >= 15 is 0 Å². The van der Waals surface area contributed by atoms with Gasteiger partial charge in [0, 0.05) is 34.2 Å². The van der Waals surface area contributed by atoms with Gasteiger partial charge in [-0.15, -0.1) is 0 Å². The van der Waals surface area contributed by atoms with Gasteiger partial charge in [0.05, 0.1) is 12.6 Å². The number of rotatable bonds is 9. The molecule has 1 atom stereocenters. The molecule has 1 heterocycles. The monoisotopic (exact) mass is 530 g/mol. The van der Waals surface area contributed by atoms with Gasteiger partial charge in [-0.25, -0.2) is 0 Å². The van der Waals surface area contributed by atoms with Crippen molar-refractivity contribution in [3.63, 3.8) is 0 Å². The number of nitrogens with zero attached hydrogens (tertiary/aromatic N) is 2. The number of hydrogen-bond donors (Lipinski definition) is 0. The molecule has 0 aliphatic heterocycles. The number of hydrogen-bond acceptors (Lipinski definition) is 2. The first-order valence-corrected chi connectivity index (χ1v) is 14.9. The van der Waals surface area contributed by atoms with Gasteiger partial charge in [0.25, 0.3) is 0 Å². The largest absolute Gasteiger partial charge is 0.494 e. The highest BCUT2D eigenvalue weighted by molar-refractivity contribution is 7.80. The molecule has 0 amide bonds. The number of ether oxygens (including phenoxy) is 1. The highest BCUT2D eigenvalue weighted by Gasteiger charge is 2.27. The van der Waals surface area contributed by atoms with Gasteiger partial charge in [0.15, 0.2) is 0 Å². The maximum atomic E-state index is 5.72. The van der Waals surface area contributed by atoms with E-state index in [0.717, 1.165) is 11.4 Å². The zero-order valence-electron chi connectivity index (χ0n) is 23.1. The minimum atomic E-state index is -0.807. The van der Waals surface area contributed by atoms with Gasteiger partial charge in [-0.2, -0.15) is 0 Å². The quantitative estimate of drug-likeness (QED) is 0.144. The Hall–Kier alpha value is -3.94. The van der Waals surface area contributed by atoms with Crippen molar-refractivity contribution in [3.8, 4) is 11.4 Å². The van der Waals surface area contributed by atoms with Crippen LogP contribution >= 0.6 is 7.92 Å². The molecule has 1 unspecified atom stereocenters. The predicted molar refractivity (Wildman–Crippen MR) is 168 cm³/mol. The van der Waals surface area contributed by atoms with Crippen LogP contribution < -0.4 is 20.7 Å². The van der Waals surface area contributed by atoms with E-state index in [4.69, 9.17) is 9.73 Å². The average molecular weight is 531 g/mol. The molecule has 0 saturated carbocycles.